The van der Waals surface area contributed by atoms with Crippen molar-refractivity contribution in [3.05, 3.63) is 29.8 Å². The summed E-state index contributed by atoms with van der Waals surface area (Å²) in [5.41, 5.74) is 1.12. The second-order valence-corrected chi connectivity index (χ2v) is 4.39. The first-order chi connectivity index (χ1) is 9.26. The van der Waals surface area contributed by atoms with Gasteiger partial charge in [-0.3, -0.25) is 4.79 Å². The fourth-order valence-corrected chi connectivity index (χ4v) is 1.70. The van der Waals surface area contributed by atoms with Crippen molar-refractivity contribution in [1.82, 2.24) is 10.6 Å². The molecule has 0 aromatic heterocycles. The maximum Gasteiger partial charge on any atom is 0.233 e. The summed E-state index contributed by atoms with van der Waals surface area (Å²) < 4.78 is 5.43. The van der Waals surface area contributed by atoms with E-state index < -0.39 is 0 Å². The van der Waals surface area contributed by atoms with Crippen molar-refractivity contribution >= 4 is 5.91 Å². The molecule has 1 aromatic carbocycles. The largest absolute Gasteiger partial charge is 0.494 e. The quantitative estimate of drug-likeness (QED) is 0.672. The lowest BCUT2D eigenvalue weighted by molar-refractivity contribution is -0.120. The van der Waals surface area contributed by atoms with Crippen LogP contribution in [0.2, 0.25) is 0 Å². The third-order valence-electron chi connectivity index (χ3n) is 2.68. The molecule has 0 bridgehead atoms. The lowest BCUT2D eigenvalue weighted by atomic mass is 10.2. The molecular formula is C15H24N2O2. The predicted octanol–water partition coefficient (Wildman–Crippen LogP) is 2.09. The normalized spacial score (nSPS) is 10.2. The van der Waals surface area contributed by atoms with Crippen LogP contribution in [-0.2, 0) is 11.3 Å². The predicted molar refractivity (Wildman–Crippen MR) is 77.2 cm³/mol. The lowest BCUT2D eigenvalue weighted by Gasteiger charge is -2.08. The Hall–Kier alpha value is -1.55. The van der Waals surface area contributed by atoms with Crippen molar-refractivity contribution in [2.75, 3.05) is 19.7 Å². The van der Waals surface area contributed by atoms with Crippen molar-refractivity contribution in [2.45, 2.75) is 33.2 Å². The Bertz CT molecular complexity index is 380. The van der Waals surface area contributed by atoms with Crippen molar-refractivity contribution in [2.24, 2.45) is 0 Å². The number of benzene rings is 1. The van der Waals surface area contributed by atoms with Gasteiger partial charge in [0.1, 0.15) is 5.75 Å². The molecule has 106 valence electrons. The van der Waals surface area contributed by atoms with E-state index in [0.29, 0.717) is 19.7 Å². The number of ether oxygens (including phenoxy) is 1. The molecule has 0 aliphatic carbocycles. The van der Waals surface area contributed by atoms with Gasteiger partial charge in [-0.15, -0.1) is 0 Å². The van der Waals surface area contributed by atoms with Crippen LogP contribution in [0.1, 0.15) is 32.3 Å². The van der Waals surface area contributed by atoms with Crippen LogP contribution >= 0.6 is 0 Å². The second kappa shape index (κ2) is 9.39. The molecule has 0 atom stereocenters. The van der Waals surface area contributed by atoms with Crippen LogP contribution in [-0.4, -0.2) is 25.6 Å². The van der Waals surface area contributed by atoms with E-state index in [-0.39, 0.29) is 5.91 Å². The number of nitrogens with one attached hydrogen (secondary N) is 2. The Morgan fingerprint density at radius 3 is 2.89 bits per heavy atom. The molecule has 0 aliphatic rings. The summed E-state index contributed by atoms with van der Waals surface area (Å²) in [4.78, 5) is 11.5. The van der Waals surface area contributed by atoms with Crippen molar-refractivity contribution in [3.63, 3.8) is 0 Å². The molecule has 0 saturated heterocycles. The van der Waals surface area contributed by atoms with E-state index in [1.54, 1.807) is 0 Å². The van der Waals surface area contributed by atoms with Crippen LogP contribution in [0.4, 0.5) is 0 Å². The molecule has 0 radical (unpaired) electrons. The Labute approximate surface area is 115 Å². The van der Waals surface area contributed by atoms with E-state index in [1.165, 1.54) is 0 Å². The van der Waals surface area contributed by atoms with E-state index in [0.717, 1.165) is 30.7 Å². The molecule has 0 unspecified atom stereocenters. The molecule has 0 heterocycles. The summed E-state index contributed by atoms with van der Waals surface area (Å²) in [6.45, 7) is 6.51. The molecule has 1 amide bonds. The lowest BCUT2D eigenvalue weighted by Crippen LogP contribution is -2.34. The van der Waals surface area contributed by atoms with Gasteiger partial charge < -0.3 is 15.4 Å². The van der Waals surface area contributed by atoms with Gasteiger partial charge >= 0.3 is 0 Å². The highest BCUT2D eigenvalue weighted by molar-refractivity contribution is 5.77. The van der Waals surface area contributed by atoms with Gasteiger partial charge in [0.25, 0.3) is 0 Å². The summed E-state index contributed by atoms with van der Waals surface area (Å²) in [6.07, 6.45) is 2.13. The first kappa shape index (κ1) is 15.5. The van der Waals surface area contributed by atoms with Crippen molar-refractivity contribution < 1.29 is 9.53 Å². The zero-order valence-corrected chi connectivity index (χ0v) is 11.9. The third kappa shape index (κ3) is 6.82. The van der Waals surface area contributed by atoms with Gasteiger partial charge in [0.05, 0.1) is 13.2 Å². The Morgan fingerprint density at radius 1 is 1.32 bits per heavy atom. The zero-order valence-electron chi connectivity index (χ0n) is 11.9. The molecule has 1 aromatic rings. The highest BCUT2D eigenvalue weighted by Gasteiger charge is 2.00. The molecule has 0 fully saturated rings. The SMILES string of the molecule is CCCCNC(=O)CNCc1cccc(OCC)c1. The first-order valence-electron chi connectivity index (χ1n) is 6.95. The van der Waals surface area contributed by atoms with Gasteiger partial charge in [-0.25, -0.2) is 0 Å². The van der Waals surface area contributed by atoms with E-state index in [1.807, 2.05) is 31.2 Å². The number of carbonyl (C=O) groups excluding carboxylic acids is 1. The molecule has 4 nitrogen and oxygen atoms in total. The minimum atomic E-state index is 0.0504. The van der Waals surface area contributed by atoms with E-state index in [9.17, 15) is 4.79 Å². The molecule has 0 spiro atoms. The Balaban J connectivity index is 2.24. The van der Waals surface area contributed by atoms with Gasteiger partial charge in [0, 0.05) is 13.1 Å². The molecule has 4 heteroatoms. The smallest absolute Gasteiger partial charge is 0.233 e. The van der Waals surface area contributed by atoms with Crippen molar-refractivity contribution in [1.29, 1.82) is 0 Å². The van der Waals surface area contributed by atoms with Crippen LogP contribution in [0.3, 0.4) is 0 Å². The standard InChI is InChI=1S/C15H24N2O2/c1-3-5-9-17-15(18)12-16-11-13-7-6-8-14(10-13)19-4-2/h6-8,10,16H,3-5,9,11-12H2,1-2H3,(H,17,18). The highest BCUT2D eigenvalue weighted by Crippen LogP contribution is 2.12. The highest BCUT2D eigenvalue weighted by atomic mass is 16.5. The monoisotopic (exact) mass is 264 g/mol. The fraction of sp³-hybridized carbons (Fsp3) is 0.533. The average Bonchev–Trinajstić information content (AvgIpc) is 2.40. The Morgan fingerprint density at radius 2 is 2.16 bits per heavy atom. The molecule has 0 aliphatic heterocycles. The first-order valence-corrected chi connectivity index (χ1v) is 6.95. The summed E-state index contributed by atoms with van der Waals surface area (Å²) in [5, 5.41) is 6.01. The number of unbranched alkanes of at least 4 members (excludes halogenated alkanes) is 1. The number of carbonyl (C=O) groups is 1. The van der Waals surface area contributed by atoms with Crippen LogP contribution < -0.4 is 15.4 Å². The van der Waals surface area contributed by atoms with Crippen molar-refractivity contribution in [3.8, 4) is 5.75 Å². The minimum Gasteiger partial charge on any atom is -0.494 e. The number of hydrogen-bond donors (Lipinski definition) is 2. The average molecular weight is 264 g/mol. The second-order valence-electron chi connectivity index (χ2n) is 4.39. The van der Waals surface area contributed by atoms with E-state index >= 15 is 0 Å². The summed E-state index contributed by atoms with van der Waals surface area (Å²) >= 11 is 0. The van der Waals surface area contributed by atoms with Crippen LogP contribution in [0.25, 0.3) is 0 Å². The van der Waals surface area contributed by atoms with Crippen LogP contribution in [0.15, 0.2) is 24.3 Å². The summed E-state index contributed by atoms with van der Waals surface area (Å²) in [5.74, 6) is 0.920. The van der Waals surface area contributed by atoms with Crippen LogP contribution in [0, 0.1) is 0 Å². The summed E-state index contributed by atoms with van der Waals surface area (Å²) in [7, 11) is 0. The van der Waals surface area contributed by atoms with Gasteiger partial charge in [0.2, 0.25) is 5.91 Å². The Kier molecular flexibility index (Phi) is 7.66. The van der Waals surface area contributed by atoms with Gasteiger partial charge in [-0.1, -0.05) is 25.5 Å². The number of amides is 1. The molecule has 1 rings (SSSR count). The minimum absolute atomic E-state index is 0.0504. The van der Waals surface area contributed by atoms with Crippen LogP contribution in [0.5, 0.6) is 5.75 Å². The van der Waals surface area contributed by atoms with Gasteiger partial charge in [-0.2, -0.15) is 0 Å². The summed E-state index contributed by atoms with van der Waals surface area (Å²) in [6, 6.07) is 7.91. The zero-order chi connectivity index (χ0) is 13.9. The fourth-order valence-electron chi connectivity index (χ4n) is 1.70. The third-order valence-corrected chi connectivity index (χ3v) is 2.68. The number of rotatable bonds is 9. The molecule has 0 saturated carbocycles. The van der Waals surface area contributed by atoms with E-state index in [4.69, 9.17) is 4.74 Å². The van der Waals surface area contributed by atoms with Gasteiger partial charge in [-0.05, 0) is 31.0 Å². The maximum absolute atomic E-state index is 11.5. The van der Waals surface area contributed by atoms with E-state index in [2.05, 4.69) is 17.6 Å². The topological polar surface area (TPSA) is 50.4 Å². The molecule has 2 N–H and O–H groups in total. The number of hydrogen-bond acceptors (Lipinski definition) is 3. The maximum atomic E-state index is 11.5. The van der Waals surface area contributed by atoms with Gasteiger partial charge in [0.15, 0.2) is 0 Å². The molecular weight excluding hydrogens is 240 g/mol. The molecule has 19 heavy (non-hydrogen) atoms.